The Kier molecular flexibility index (Phi) is 4.29. The van der Waals surface area contributed by atoms with Crippen LogP contribution in [-0.2, 0) is 13.1 Å². The Bertz CT molecular complexity index is 593. The van der Waals surface area contributed by atoms with Gasteiger partial charge < -0.3 is 5.32 Å². The number of aryl methyl sites for hydroxylation is 2. The van der Waals surface area contributed by atoms with Crippen LogP contribution in [-0.4, -0.2) is 4.92 Å². The van der Waals surface area contributed by atoms with Crippen LogP contribution >= 0.6 is 11.3 Å². The van der Waals surface area contributed by atoms with E-state index in [4.69, 9.17) is 0 Å². The molecule has 2 aromatic rings. The molecule has 1 aromatic heterocycles. The number of thiophene rings is 1. The van der Waals surface area contributed by atoms with Gasteiger partial charge in [-0.2, -0.15) is 0 Å². The van der Waals surface area contributed by atoms with Crippen LogP contribution in [0.25, 0.3) is 0 Å². The van der Waals surface area contributed by atoms with Gasteiger partial charge in [-0.05, 0) is 36.4 Å². The quantitative estimate of drug-likeness (QED) is 0.671. The fourth-order valence-corrected chi connectivity index (χ4v) is 2.74. The lowest BCUT2D eigenvalue weighted by Gasteiger charge is -2.05. The average molecular weight is 276 g/mol. The van der Waals surface area contributed by atoms with Crippen molar-refractivity contribution in [1.29, 1.82) is 0 Å². The first-order valence-corrected chi connectivity index (χ1v) is 6.93. The third kappa shape index (κ3) is 3.39. The molecule has 0 aliphatic rings. The molecule has 0 saturated heterocycles. The topological polar surface area (TPSA) is 55.2 Å². The zero-order valence-corrected chi connectivity index (χ0v) is 11.8. The standard InChI is InChI=1S/C14H16N2O2S/c1-10-3-4-12(7-13(10)16(17)18)8-15-9-14-11(2)5-6-19-14/h3-7,15H,8-9H2,1-2H3. The van der Waals surface area contributed by atoms with E-state index < -0.39 is 0 Å². The van der Waals surface area contributed by atoms with Crippen molar-refractivity contribution < 1.29 is 4.92 Å². The predicted molar refractivity (Wildman–Crippen MR) is 77.4 cm³/mol. The van der Waals surface area contributed by atoms with E-state index in [1.54, 1.807) is 30.4 Å². The van der Waals surface area contributed by atoms with E-state index in [2.05, 4.69) is 23.7 Å². The average Bonchev–Trinajstić information content (AvgIpc) is 2.77. The molecule has 0 saturated carbocycles. The molecule has 0 spiro atoms. The van der Waals surface area contributed by atoms with E-state index in [-0.39, 0.29) is 10.6 Å². The van der Waals surface area contributed by atoms with Crippen molar-refractivity contribution in [3.63, 3.8) is 0 Å². The van der Waals surface area contributed by atoms with Crippen LogP contribution in [0, 0.1) is 24.0 Å². The SMILES string of the molecule is Cc1ccc(CNCc2sccc2C)cc1[N+](=O)[O-]. The Balaban J connectivity index is 1.98. The predicted octanol–water partition coefficient (Wildman–Crippen LogP) is 3.56. The number of hydrogen-bond donors (Lipinski definition) is 1. The summed E-state index contributed by atoms with van der Waals surface area (Å²) < 4.78 is 0. The molecule has 0 amide bonds. The minimum atomic E-state index is -0.331. The van der Waals surface area contributed by atoms with Crippen molar-refractivity contribution in [3.05, 3.63) is 61.3 Å². The summed E-state index contributed by atoms with van der Waals surface area (Å²) >= 11 is 1.72. The van der Waals surface area contributed by atoms with Crippen molar-refractivity contribution in [3.8, 4) is 0 Å². The second-order valence-corrected chi connectivity index (χ2v) is 5.51. The monoisotopic (exact) mass is 276 g/mol. The molecule has 0 atom stereocenters. The zero-order chi connectivity index (χ0) is 13.8. The highest BCUT2D eigenvalue weighted by molar-refractivity contribution is 7.10. The molecule has 1 N–H and O–H groups in total. The van der Waals surface area contributed by atoms with Gasteiger partial charge in [-0.15, -0.1) is 11.3 Å². The molecule has 0 aliphatic heterocycles. The number of nitro groups is 1. The molecule has 1 aromatic carbocycles. The maximum absolute atomic E-state index is 10.9. The number of rotatable bonds is 5. The van der Waals surface area contributed by atoms with Gasteiger partial charge in [-0.25, -0.2) is 0 Å². The lowest BCUT2D eigenvalue weighted by Crippen LogP contribution is -2.12. The second kappa shape index (κ2) is 5.95. The summed E-state index contributed by atoms with van der Waals surface area (Å²) in [6.07, 6.45) is 0. The van der Waals surface area contributed by atoms with Crippen LogP contribution in [0.3, 0.4) is 0 Å². The van der Waals surface area contributed by atoms with Crippen LogP contribution < -0.4 is 5.32 Å². The molecule has 0 unspecified atom stereocenters. The Morgan fingerprint density at radius 3 is 2.63 bits per heavy atom. The zero-order valence-electron chi connectivity index (χ0n) is 11.0. The first kappa shape index (κ1) is 13.7. The first-order chi connectivity index (χ1) is 9.08. The molecule has 5 heteroatoms. The van der Waals surface area contributed by atoms with Gasteiger partial charge in [0.15, 0.2) is 0 Å². The van der Waals surface area contributed by atoms with E-state index in [9.17, 15) is 10.1 Å². The minimum absolute atomic E-state index is 0.187. The van der Waals surface area contributed by atoms with Gasteiger partial charge in [0.25, 0.3) is 5.69 Å². The van der Waals surface area contributed by atoms with Gasteiger partial charge in [0.1, 0.15) is 0 Å². The summed E-state index contributed by atoms with van der Waals surface area (Å²) in [7, 11) is 0. The Morgan fingerprint density at radius 1 is 1.21 bits per heavy atom. The number of nitro benzene ring substituents is 1. The highest BCUT2D eigenvalue weighted by atomic mass is 32.1. The van der Waals surface area contributed by atoms with Gasteiger partial charge >= 0.3 is 0 Å². The molecule has 1 heterocycles. The molecule has 2 rings (SSSR count). The minimum Gasteiger partial charge on any atom is -0.308 e. The largest absolute Gasteiger partial charge is 0.308 e. The molecule has 0 fully saturated rings. The molecular weight excluding hydrogens is 260 g/mol. The normalized spacial score (nSPS) is 10.6. The lowest BCUT2D eigenvalue weighted by atomic mass is 10.1. The van der Waals surface area contributed by atoms with E-state index >= 15 is 0 Å². The van der Waals surface area contributed by atoms with E-state index in [0.717, 1.165) is 12.1 Å². The second-order valence-electron chi connectivity index (χ2n) is 4.51. The van der Waals surface area contributed by atoms with Gasteiger partial charge in [0.2, 0.25) is 0 Å². The smallest absolute Gasteiger partial charge is 0.272 e. The highest BCUT2D eigenvalue weighted by Crippen LogP contribution is 2.19. The number of benzene rings is 1. The Hall–Kier alpha value is -1.72. The van der Waals surface area contributed by atoms with Crippen LogP contribution in [0.2, 0.25) is 0 Å². The fourth-order valence-electron chi connectivity index (χ4n) is 1.87. The lowest BCUT2D eigenvalue weighted by molar-refractivity contribution is -0.385. The molecule has 4 nitrogen and oxygen atoms in total. The highest BCUT2D eigenvalue weighted by Gasteiger charge is 2.10. The summed E-state index contributed by atoms with van der Waals surface area (Å²) in [6, 6.07) is 7.46. The number of nitrogens with one attached hydrogen (secondary N) is 1. The van der Waals surface area contributed by atoms with Crippen molar-refractivity contribution in [2.24, 2.45) is 0 Å². The maximum atomic E-state index is 10.9. The van der Waals surface area contributed by atoms with Crippen LogP contribution in [0.5, 0.6) is 0 Å². The number of hydrogen-bond acceptors (Lipinski definition) is 4. The van der Waals surface area contributed by atoms with Crippen LogP contribution in [0.4, 0.5) is 5.69 Å². The fraction of sp³-hybridized carbons (Fsp3) is 0.286. The third-order valence-electron chi connectivity index (χ3n) is 3.05. The first-order valence-electron chi connectivity index (χ1n) is 6.05. The van der Waals surface area contributed by atoms with Gasteiger partial charge in [-0.1, -0.05) is 12.1 Å². The van der Waals surface area contributed by atoms with Gasteiger partial charge in [0, 0.05) is 29.6 Å². The van der Waals surface area contributed by atoms with E-state index in [1.807, 2.05) is 6.07 Å². The molecular formula is C14H16N2O2S. The number of nitrogens with zero attached hydrogens (tertiary/aromatic N) is 1. The summed E-state index contributed by atoms with van der Waals surface area (Å²) in [5, 5.41) is 16.3. The Labute approximate surface area is 116 Å². The summed E-state index contributed by atoms with van der Waals surface area (Å²) in [4.78, 5) is 11.8. The molecule has 0 bridgehead atoms. The van der Waals surface area contributed by atoms with Gasteiger partial charge in [-0.3, -0.25) is 10.1 Å². The molecule has 0 radical (unpaired) electrons. The van der Waals surface area contributed by atoms with Crippen LogP contribution in [0.15, 0.2) is 29.6 Å². The van der Waals surface area contributed by atoms with Crippen molar-refractivity contribution in [1.82, 2.24) is 5.32 Å². The van der Waals surface area contributed by atoms with Gasteiger partial charge in [0.05, 0.1) is 4.92 Å². The molecule has 19 heavy (non-hydrogen) atoms. The van der Waals surface area contributed by atoms with Crippen molar-refractivity contribution in [2.75, 3.05) is 0 Å². The van der Waals surface area contributed by atoms with Crippen LogP contribution in [0.1, 0.15) is 21.6 Å². The molecule has 0 aliphatic carbocycles. The Morgan fingerprint density at radius 2 is 2.00 bits per heavy atom. The summed E-state index contributed by atoms with van der Waals surface area (Å²) in [5.74, 6) is 0. The van der Waals surface area contributed by atoms with Crippen molar-refractivity contribution in [2.45, 2.75) is 26.9 Å². The van der Waals surface area contributed by atoms with E-state index in [1.165, 1.54) is 10.4 Å². The van der Waals surface area contributed by atoms with Crippen molar-refractivity contribution >= 4 is 17.0 Å². The molecule has 100 valence electrons. The summed E-state index contributed by atoms with van der Waals surface area (Å²) in [6.45, 7) is 5.28. The van der Waals surface area contributed by atoms with E-state index in [0.29, 0.717) is 12.1 Å². The maximum Gasteiger partial charge on any atom is 0.272 e. The summed E-state index contributed by atoms with van der Waals surface area (Å²) in [5.41, 5.74) is 3.10. The third-order valence-corrected chi connectivity index (χ3v) is 4.08.